The standard InChI is InChI=1S/C17H9Br2F5N2O2S/c1-29(27,28)15-6-11(20)14(5-12(15)21)26-13(7-16(25-26)17(22,23)24)8-2-3-9(18)10(19)4-8/h2-7H,1H3. The summed E-state index contributed by atoms with van der Waals surface area (Å²) in [5.74, 6) is -2.56. The summed E-state index contributed by atoms with van der Waals surface area (Å²) in [5, 5.41) is 3.38. The third kappa shape index (κ3) is 4.38. The first-order chi connectivity index (χ1) is 13.3. The average molecular weight is 560 g/mol. The van der Waals surface area contributed by atoms with Crippen LogP contribution in [0.2, 0.25) is 0 Å². The van der Waals surface area contributed by atoms with Crippen molar-refractivity contribution < 1.29 is 30.4 Å². The van der Waals surface area contributed by atoms with Gasteiger partial charge in [0.25, 0.3) is 0 Å². The van der Waals surface area contributed by atoms with E-state index in [4.69, 9.17) is 0 Å². The van der Waals surface area contributed by atoms with Crippen LogP contribution in [-0.2, 0) is 16.0 Å². The van der Waals surface area contributed by atoms with Gasteiger partial charge in [0.05, 0.1) is 5.69 Å². The van der Waals surface area contributed by atoms with Gasteiger partial charge in [-0.3, -0.25) is 0 Å². The van der Waals surface area contributed by atoms with E-state index in [-0.39, 0.29) is 11.3 Å². The molecule has 0 spiro atoms. The maximum absolute atomic E-state index is 14.6. The molecule has 3 rings (SSSR count). The van der Waals surface area contributed by atoms with Crippen LogP contribution in [0.5, 0.6) is 0 Å². The molecule has 1 heterocycles. The third-order valence-corrected chi connectivity index (χ3v) is 6.84. The SMILES string of the molecule is CS(=O)(=O)c1cc(F)c(-n2nc(C(F)(F)F)cc2-c2ccc(Br)c(Br)c2)cc1F. The van der Waals surface area contributed by atoms with Crippen LogP contribution >= 0.6 is 31.9 Å². The molecule has 0 aliphatic rings. The zero-order valence-electron chi connectivity index (χ0n) is 14.2. The lowest BCUT2D eigenvalue weighted by Gasteiger charge is -2.11. The molecule has 29 heavy (non-hydrogen) atoms. The highest BCUT2D eigenvalue weighted by Crippen LogP contribution is 2.36. The second kappa shape index (κ2) is 7.47. The van der Waals surface area contributed by atoms with Crippen molar-refractivity contribution in [2.24, 2.45) is 0 Å². The molecular weight excluding hydrogens is 551 g/mol. The lowest BCUT2D eigenvalue weighted by Crippen LogP contribution is -2.10. The third-order valence-electron chi connectivity index (χ3n) is 3.84. The molecular formula is C17H9Br2F5N2O2S. The predicted molar refractivity (Wildman–Crippen MR) is 102 cm³/mol. The quantitative estimate of drug-likeness (QED) is 0.383. The van der Waals surface area contributed by atoms with Gasteiger partial charge >= 0.3 is 6.18 Å². The molecule has 0 N–H and O–H groups in total. The maximum Gasteiger partial charge on any atom is 0.435 e. The van der Waals surface area contributed by atoms with Crippen molar-refractivity contribution in [2.45, 2.75) is 11.1 Å². The molecule has 0 bridgehead atoms. The molecule has 0 aliphatic heterocycles. The van der Waals surface area contributed by atoms with E-state index in [0.29, 0.717) is 38.1 Å². The van der Waals surface area contributed by atoms with Gasteiger partial charge in [-0.25, -0.2) is 21.9 Å². The minimum Gasteiger partial charge on any atom is -0.229 e. The van der Waals surface area contributed by atoms with E-state index in [0.717, 1.165) is 0 Å². The summed E-state index contributed by atoms with van der Waals surface area (Å²) in [4.78, 5) is -0.908. The van der Waals surface area contributed by atoms with Crippen LogP contribution in [-0.4, -0.2) is 24.5 Å². The fourth-order valence-electron chi connectivity index (χ4n) is 2.53. The molecule has 0 radical (unpaired) electrons. The largest absolute Gasteiger partial charge is 0.435 e. The van der Waals surface area contributed by atoms with Gasteiger partial charge in [0.15, 0.2) is 15.5 Å². The van der Waals surface area contributed by atoms with Gasteiger partial charge in [-0.2, -0.15) is 18.3 Å². The molecule has 0 unspecified atom stereocenters. The van der Waals surface area contributed by atoms with Gasteiger partial charge in [-0.15, -0.1) is 0 Å². The Hall–Kier alpha value is -1.79. The van der Waals surface area contributed by atoms with Crippen molar-refractivity contribution in [1.82, 2.24) is 9.78 Å². The molecule has 154 valence electrons. The van der Waals surface area contributed by atoms with Crippen molar-refractivity contribution in [3.63, 3.8) is 0 Å². The van der Waals surface area contributed by atoms with Crippen LogP contribution < -0.4 is 0 Å². The Morgan fingerprint density at radius 2 is 1.62 bits per heavy atom. The molecule has 0 saturated carbocycles. The van der Waals surface area contributed by atoms with Gasteiger partial charge in [-0.05, 0) is 56.1 Å². The molecule has 2 aromatic carbocycles. The molecule has 0 saturated heterocycles. The van der Waals surface area contributed by atoms with Crippen molar-refractivity contribution in [1.29, 1.82) is 0 Å². The number of hydrogen-bond donors (Lipinski definition) is 0. The summed E-state index contributed by atoms with van der Waals surface area (Å²) in [6.45, 7) is 0. The average Bonchev–Trinajstić information content (AvgIpc) is 3.03. The fourth-order valence-corrected chi connectivity index (χ4v) is 3.89. The van der Waals surface area contributed by atoms with Crippen molar-refractivity contribution in [2.75, 3.05) is 6.26 Å². The minimum atomic E-state index is -4.84. The van der Waals surface area contributed by atoms with E-state index >= 15 is 0 Å². The monoisotopic (exact) mass is 558 g/mol. The summed E-state index contributed by atoms with van der Waals surface area (Å²) < 4.78 is 93.4. The van der Waals surface area contributed by atoms with Crippen molar-refractivity contribution >= 4 is 41.7 Å². The predicted octanol–water partition coefficient (Wildman–Crippen LogP) is 5.76. The van der Waals surface area contributed by atoms with Crippen LogP contribution in [0.1, 0.15) is 5.69 Å². The number of alkyl halides is 3. The van der Waals surface area contributed by atoms with Crippen LogP contribution in [0, 0.1) is 11.6 Å². The first-order valence-corrected chi connectivity index (χ1v) is 11.1. The van der Waals surface area contributed by atoms with E-state index in [2.05, 4.69) is 37.0 Å². The van der Waals surface area contributed by atoms with Crippen LogP contribution in [0.25, 0.3) is 16.9 Å². The molecule has 0 atom stereocenters. The summed E-state index contributed by atoms with van der Waals surface area (Å²) in [6.07, 6.45) is -4.15. The summed E-state index contributed by atoms with van der Waals surface area (Å²) in [6, 6.07) is 6.08. The van der Waals surface area contributed by atoms with Crippen LogP contribution in [0.15, 0.2) is 50.2 Å². The number of halogens is 7. The topological polar surface area (TPSA) is 52.0 Å². The highest BCUT2D eigenvalue weighted by Gasteiger charge is 2.36. The number of nitrogens with zero attached hydrogens (tertiary/aromatic N) is 2. The second-order valence-corrected chi connectivity index (χ2v) is 9.65. The molecule has 3 aromatic rings. The van der Waals surface area contributed by atoms with Gasteiger partial charge in [-0.1, -0.05) is 6.07 Å². The Morgan fingerprint density at radius 3 is 2.17 bits per heavy atom. The van der Waals surface area contributed by atoms with E-state index in [1.54, 1.807) is 6.07 Å². The zero-order valence-corrected chi connectivity index (χ0v) is 18.2. The maximum atomic E-state index is 14.6. The summed E-state index contributed by atoms with van der Waals surface area (Å²) in [7, 11) is -4.08. The minimum absolute atomic E-state index is 0.170. The van der Waals surface area contributed by atoms with Crippen LogP contribution in [0.3, 0.4) is 0 Å². The molecule has 12 heteroatoms. The van der Waals surface area contributed by atoms with E-state index in [1.165, 1.54) is 12.1 Å². The number of aromatic nitrogens is 2. The summed E-state index contributed by atoms with van der Waals surface area (Å²) in [5.41, 5.74) is -1.93. The van der Waals surface area contributed by atoms with E-state index < -0.39 is 43.9 Å². The lowest BCUT2D eigenvalue weighted by molar-refractivity contribution is -0.141. The van der Waals surface area contributed by atoms with Crippen molar-refractivity contribution in [3.8, 4) is 16.9 Å². The Morgan fingerprint density at radius 1 is 0.966 bits per heavy atom. The second-order valence-electron chi connectivity index (χ2n) is 5.96. The Bertz CT molecular complexity index is 1220. The van der Waals surface area contributed by atoms with Gasteiger partial charge < -0.3 is 0 Å². The van der Waals surface area contributed by atoms with Crippen molar-refractivity contribution in [3.05, 3.63) is 62.7 Å². The first kappa shape index (κ1) is 21.9. The fraction of sp³-hybridized carbons (Fsp3) is 0.118. The Balaban J connectivity index is 2.30. The smallest absolute Gasteiger partial charge is 0.229 e. The summed E-state index contributed by atoms with van der Waals surface area (Å²) >= 11 is 6.46. The number of benzene rings is 2. The number of sulfone groups is 1. The molecule has 4 nitrogen and oxygen atoms in total. The Kier molecular flexibility index (Phi) is 5.65. The molecule has 0 aliphatic carbocycles. The Labute approximate surface area is 178 Å². The van der Waals surface area contributed by atoms with Gasteiger partial charge in [0.1, 0.15) is 22.2 Å². The highest BCUT2D eigenvalue weighted by molar-refractivity contribution is 9.13. The normalized spacial score (nSPS) is 12.4. The van der Waals surface area contributed by atoms with E-state index in [1.807, 2.05) is 0 Å². The highest BCUT2D eigenvalue weighted by atomic mass is 79.9. The number of hydrogen-bond acceptors (Lipinski definition) is 3. The molecule has 0 amide bonds. The van der Waals surface area contributed by atoms with Gasteiger partial charge in [0, 0.05) is 26.8 Å². The van der Waals surface area contributed by atoms with Gasteiger partial charge in [0.2, 0.25) is 0 Å². The van der Waals surface area contributed by atoms with Crippen LogP contribution in [0.4, 0.5) is 22.0 Å². The zero-order chi connectivity index (χ0) is 21.7. The molecule has 0 fully saturated rings. The first-order valence-electron chi connectivity index (χ1n) is 7.61. The van der Waals surface area contributed by atoms with E-state index in [9.17, 15) is 30.4 Å². The molecule has 1 aromatic heterocycles. The lowest BCUT2D eigenvalue weighted by atomic mass is 10.1. The number of rotatable bonds is 3.